The number of rotatable bonds is 6. The SMILES string of the molecule is Cc1cnc(CS(=O)c2nc3ccccc3[nH]2)cc1OCC(F)(F)C(F)(F)F. The molecule has 1 atom stereocenters. The molecule has 1 N–H and O–H groups in total. The Hall–Kier alpha value is -2.56. The number of aromatic amines is 1. The molecule has 0 saturated heterocycles. The van der Waals surface area contributed by atoms with Gasteiger partial charge in [0.05, 0.1) is 33.3 Å². The molecular formula is C17H14F5N3O2S. The molecular weight excluding hydrogens is 405 g/mol. The van der Waals surface area contributed by atoms with Gasteiger partial charge in [-0.25, -0.2) is 4.98 Å². The minimum absolute atomic E-state index is 0.119. The second-order valence-electron chi connectivity index (χ2n) is 5.98. The van der Waals surface area contributed by atoms with Gasteiger partial charge in [0.25, 0.3) is 0 Å². The minimum Gasteiger partial charge on any atom is -0.487 e. The first-order chi connectivity index (χ1) is 13.1. The molecule has 3 rings (SSSR count). The third-order valence-corrected chi connectivity index (χ3v) is 4.98. The van der Waals surface area contributed by atoms with Gasteiger partial charge >= 0.3 is 12.1 Å². The number of para-hydroxylation sites is 2. The maximum atomic E-state index is 13.1. The zero-order valence-corrected chi connectivity index (χ0v) is 15.2. The summed E-state index contributed by atoms with van der Waals surface area (Å²) in [5.41, 5.74) is 1.80. The third-order valence-electron chi connectivity index (χ3n) is 3.80. The van der Waals surface area contributed by atoms with Crippen LogP contribution in [0.4, 0.5) is 22.0 Å². The molecule has 11 heteroatoms. The van der Waals surface area contributed by atoms with Crippen LogP contribution in [0.2, 0.25) is 0 Å². The molecule has 0 bridgehead atoms. The van der Waals surface area contributed by atoms with Crippen molar-refractivity contribution in [2.75, 3.05) is 6.61 Å². The highest BCUT2D eigenvalue weighted by Crippen LogP contribution is 2.36. The van der Waals surface area contributed by atoms with Crippen LogP contribution in [0.3, 0.4) is 0 Å². The summed E-state index contributed by atoms with van der Waals surface area (Å²) in [6, 6.07) is 8.26. The highest BCUT2D eigenvalue weighted by atomic mass is 32.2. The number of benzene rings is 1. The Kier molecular flexibility index (Phi) is 5.37. The van der Waals surface area contributed by atoms with Crippen LogP contribution in [0.1, 0.15) is 11.3 Å². The van der Waals surface area contributed by atoms with Crippen molar-refractivity contribution in [3.05, 3.63) is 47.8 Å². The molecule has 2 aromatic heterocycles. The van der Waals surface area contributed by atoms with E-state index in [0.29, 0.717) is 11.0 Å². The van der Waals surface area contributed by atoms with E-state index in [4.69, 9.17) is 0 Å². The number of hydrogen-bond acceptors (Lipinski definition) is 4. The van der Waals surface area contributed by atoms with Gasteiger partial charge < -0.3 is 9.72 Å². The lowest BCUT2D eigenvalue weighted by molar-refractivity contribution is -0.290. The summed E-state index contributed by atoms with van der Waals surface area (Å²) in [5.74, 6) is -5.29. The van der Waals surface area contributed by atoms with Gasteiger partial charge in [0.2, 0.25) is 0 Å². The van der Waals surface area contributed by atoms with Gasteiger partial charge in [-0.1, -0.05) is 12.1 Å². The molecule has 2 heterocycles. The summed E-state index contributed by atoms with van der Waals surface area (Å²) in [6.45, 7) is -0.401. The van der Waals surface area contributed by atoms with Crippen LogP contribution >= 0.6 is 0 Å². The zero-order chi connectivity index (χ0) is 20.5. The molecule has 5 nitrogen and oxygen atoms in total. The Bertz CT molecular complexity index is 986. The molecule has 3 aromatic rings. The monoisotopic (exact) mass is 419 g/mol. The minimum atomic E-state index is -5.71. The quantitative estimate of drug-likeness (QED) is 0.610. The standard InChI is InChI=1S/C17H14F5N3O2S/c1-10-7-23-11(6-14(10)27-9-16(18,19)17(20,21)22)8-28(26)15-24-12-4-2-3-5-13(12)25-15/h2-7H,8-9H2,1H3,(H,24,25). The summed E-state index contributed by atoms with van der Waals surface area (Å²) in [5, 5.41) is 0.203. The van der Waals surface area contributed by atoms with E-state index in [1.54, 1.807) is 24.3 Å². The molecule has 0 fully saturated rings. The fourth-order valence-corrected chi connectivity index (χ4v) is 3.26. The van der Waals surface area contributed by atoms with Gasteiger partial charge in [-0.3, -0.25) is 9.19 Å². The van der Waals surface area contributed by atoms with Crippen molar-refractivity contribution < 1.29 is 30.9 Å². The maximum absolute atomic E-state index is 13.1. The number of ether oxygens (including phenoxy) is 1. The molecule has 1 aromatic carbocycles. The lowest BCUT2D eigenvalue weighted by Gasteiger charge is -2.20. The Morgan fingerprint density at radius 1 is 1.18 bits per heavy atom. The van der Waals surface area contributed by atoms with E-state index in [2.05, 4.69) is 19.7 Å². The van der Waals surface area contributed by atoms with E-state index in [1.165, 1.54) is 19.2 Å². The molecule has 28 heavy (non-hydrogen) atoms. The van der Waals surface area contributed by atoms with Crippen molar-refractivity contribution >= 4 is 21.8 Å². The second kappa shape index (κ2) is 7.46. The number of imidazole rings is 1. The average Bonchev–Trinajstić information content (AvgIpc) is 3.05. The van der Waals surface area contributed by atoms with Gasteiger partial charge in [-0.15, -0.1) is 0 Å². The van der Waals surface area contributed by atoms with Gasteiger partial charge in [0.1, 0.15) is 5.75 Å². The van der Waals surface area contributed by atoms with Crippen LogP contribution < -0.4 is 4.74 Å². The summed E-state index contributed by atoms with van der Waals surface area (Å²) < 4.78 is 80.1. The predicted octanol–water partition coefficient (Wildman–Crippen LogP) is 4.15. The highest BCUT2D eigenvalue weighted by molar-refractivity contribution is 7.84. The number of fused-ring (bicyclic) bond motifs is 1. The molecule has 0 aliphatic rings. The van der Waals surface area contributed by atoms with Crippen LogP contribution in [0.5, 0.6) is 5.75 Å². The largest absolute Gasteiger partial charge is 0.487 e. The molecule has 0 aliphatic heterocycles. The van der Waals surface area contributed by atoms with Gasteiger partial charge in [0, 0.05) is 17.8 Å². The number of alkyl halides is 5. The van der Waals surface area contributed by atoms with Gasteiger partial charge in [-0.05, 0) is 19.1 Å². The summed E-state index contributed by atoms with van der Waals surface area (Å²) >= 11 is 0. The fraction of sp³-hybridized carbons (Fsp3) is 0.294. The van der Waals surface area contributed by atoms with E-state index in [0.717, 1.165) is 0 Å². The number of halogens is 5. The van der Waals surface area contributed by atoms with Crippen molar-refractivity contribution in [2.24, 2.45) is 0 Å². The maximum Gasteiger partial charge on any atom is 0.456 e. The molecule has 1 unspecified atom stereocenters. The molecule has 0 radical (unpaired) electrons. The van der Waals surface area contributed by atoms with Crippen LogP contribution in [0.15, 0.2) is 41.7 Å². The van der Waals surface area contributed by atoms with Gasteiger partial charge in [-0.2, -0.15) is 22.0 Å². The van der Waals surface area contributed by atoms with Crippen molar-refractivity contribution in [3.63, 3.8) is 0 Å². The van der Waals surface area contributed by atoms with E-state index >= 15 is 0 Å². The van der Waals surface area contributed by atoms with E-state index in [-0.39, 0.29) is 27.9 Å². The van der Waals surface area contributed by atoms with Crippen LogP contribution in [-0.4, -0.2) is 37.9 Å². The first-order valence-electron chi connectivity index (χ1n) is 7.93. The lowest BCUT2D eigenvalue weighted by Crippen LogP contribution is -2.41. The van der Waals surface area contributed by atoms with E-state index in [9.17, 15) is 26.2 Å². The Labute approximate surface area is 158 Å². The number of pyridine rings is 1. The third kappa shape index (κ3) is 4.29. The number of nitrogens with zero attached hydrogens (tertiary/aromatic N) is 2. The van der Waals surface area contributed by atoms with Crippen molar-refractivity contribution in [1.29, 1.82) is 0 Å². The Morgan fingerprint density at radius 3 is 2.57 bits per heavy atom. The lowest BCUT2D eigenvalue weighted by atomic mass is 10.2. The number of hydrogen-bond donors (Lipinski definition) is 1. The predicted molar refractivity (Wildman–Crippen MR) is 91.7 cm³/mol. The van der Waals surface area contributed by atoms with Crippen molar-refractivity contribution in [1.82, 2.24) is 15.0 Å². The topological polar surface area (TPSA) is 67.9 Å². The molecule has 0 amide bonds. The van der Waals surface area contributed by atoms with E-state index < -0.39 is 29.5 Å². The summed E-state index contributed by atoms with van der Waals surface area (Å²) in [6.07, 6.45) is -4.45. The van der Waals surface area contributed by atoms with E-state index in [1.807, 2.05) is 0 Å². The number of nitrogens with one attached hydrogen (secondary N) is 1. The van der Waals surface area contributed by atoms with Crippen LogP contribution in [0.25, 0.3) is 11.0 Å². The smallest absolute Gasteiger partial charge is 0.456 e. The Balaban J connectivity index is 1.74. The van der Waals surface area contributed by atoms with Crippen molar-refractivity contribution in [3.8, 4) is 5.75 Å². The molecule has 0 aliphatic carbocycles. The molecule has 0 saturated carbocycles. The van der Waals surface area contributed by atoms with Crippen LogP contribution in [0, 0.1) is 6.92 Å². The first kappa shape index (κ1) is 20.2. The second-order valence-corrected chi connectivity index (χ2v) is 7.35. The number of aromatic nitrogens is 3. The zero-order valence-electron chi connectivity index (χ0n) is 14.4. The number of H-pyrrole nitrogens is 1. The summed E-state index contributed by atoms with van der Waals surface area (Å²) in [7, 11) is -1.63. The average molecular weight is 419 g/mol. The Morgan fingerprint density at radius 2 is 1.89 bits per heavy atom. The fourth-order valence-electron chi connectivity index (χ4n) is 2.27. The normalized spacial score (nSPS) is 13.6. The molecule has 150 valence electrons. The van der Waals surface area contributed by atoms with Crippen LogP contribution in [-0.2, 0) is 16.6 Å². The van der Waals surface area contributed by atoms with Gasteiger partial charge in [0.15, 0.2) is 11.8 Å². The number of aryl methyl sites for hydroxylation is 1. The molecule has 0 spiro atoms. The van der Waals surface area contributed by atoms with Crippen molar-refractivity contribution in [2.45, 2.75) is 29.9 Å². The highest BCUT2D eigenvalue weighted by Gasteiger charge is 2.58. The first-order valence-corrected chi connectivity index (χ1v) is 9.25. The summed E-state index contributed by atoms with van der Waals surface area (Å²) in [4.78, 5) is 11.1.